The van der Waals surface area contributed by atoms with E-state index in [1.165, 1.54) is 0 Å². The van der Waals surface area contributed by atoms with Crippen molar-refractivity contribution in [1.29, 1.82) is 0 Å². The molecule has 0 fully saturated rings. The number of fused-ring (bicyclic) bond motifs is 1. The third kappa shape index (κ3) is 3.64. The van der Waals surface area contributed by atoms with E-state index in [1.54, 1.807) is 4.68 Å². The van der Waals surface area contributed by atoms with E-state index in [2.05, 4.69) is 45.5 Å². The topological polar surface area (TPSA) is 55.6 Å². The molecule has 0 spiro atoms. The van der Waals surface area contributed by atoms with Crippen LogP contribution in [-0.2, 0) is 7.05 Å². The molecule has 6 heteroatoms. The molecule has 0 aliphatic carbocycles. The van der Waals surface area contributed by atoms with Gasteiger partial charge in [-0.15, -0.1) is 0 Å². The summed E-state index contributed by atoms with van der Waals surface area (Å²) >= 11 is 6.14. The molecule has 0 aliphatic rings. The van der Waals surface area contributed by atoms with Gasteiger partial charge in [0.1, 0.15) is 11.6 Å². The molecular formula is C21H20ClN5. The molecule has 136 valence electrons. The van der Waals surface area contributed by atoms with Crippen molar-refractivity contribution in [3.63, 3.8) is 0 Å². The summed E-state index contributed by atoms with van der Waals surface area (Å²) in [7, 11) is 1.91. The standard InChI is InChI=1S/C21H20ClN5/c1-13(15-5-4-6-18(22)9-15)24-21-19-10-16(17-11-23-27(3)12-17)7-8-20(19)25-14(2)26-21/h4-13H,1-3H3,(H,24,25,26)/t13-/m1/s1. The van der Waals surface area contributed by atoms with Gasteiger partial charge in [-0.3, -0.25) is 4.68 Å². The van der Waals surface area contributed by atoms with E-state index in [-0.39, 0.29) is 6.04 Å². The molecule has 0 saturated carbocycles. The van der Waals surface area contributed by atoms with E-state index in [4.69, 9.17) is 11.6 Å². The van der Waals surface area contributed by atoms with Crippen LogP contribution in [0.5, 0.6) is 0 Å². The van der Waals surface area contributed by atoms with E-state index >= 15 is 0 Å². The lowest BCUT2D eigenvalue weighted by Crippen LogP contribution is -2.09. The fourth-order valence-corrected chi connectivity index (χ4v) is 3.37. The Morgan fingerprint density at radius 3 is 2.67 bits per heavy atom. The SMILES string of the molecule is Cc1nc(N[C@H](C)c2cccc(Cl)c2)c2cc(-c3cnn(C)c3)ccc2n1. The number of nitrogens with zero attached hydrogens (tertiary/aromatic N) is 4. The number of nitrogens with one attached hydrogen (secondary N) is 1. The fraction of sp³-hybridized carbons (Fsp3) is 0.190. The van der Waals surface area contributed by atoms with Crippen LogP contribution < -0.4 is 5.32 Å². The van der Waals surface area contributed by atoms with Gasteiger partial charge in [0.25, 0.3) is 0 Å². The van der Waals surface area contributed by atoms with Gasteiger partial charge in [-0.1, -0.05) is 29.8 Å². The largest absolute Gasteiger partial charge is 0.363 e. The molecule has 4 aromatic rings. The molecule has 0 aliphatic heterocycles. The lowest BCUT2D eigenvalue weighted by molar-refractivity contribution is 0.768. The van der Waals surface area contributed by atoms with E-state index in [1.807, 2.05) is 50.6 Å². The van der Waals surface area contributed by atoms with E-state index in [0.29, 0.717) is 0 Å². The highest BCUT2D eigenvalue weighted by Gasteiger charge is 2.12. The summed E-state index contributed by atoms with van der Waals surface area (Å²) in [5, 5.41) is 9.49. The zero-order chi connectivity index (χ0) is 19.0. The Morgan fingerprint density at radius 2 is 1.93 bits per heavy atom. The molecule has 2 heterocycles. The Morgan fingerprint density at radius 1 is 1.07 bits per heavy atom. The Labute approximate surface area is 163 Å². The molecule has 0 unspecified atom stereocenters. The minimum atomic E-state index is 0.0586. The van der Waals surface area contributed by atoms with Gasteiger partial charge in [-0.2, -0.15) is 5.10 Å². The van der Waals surface area contributed by atoms with Crippen LogP contribution in [0, 0.1) is 6.92 Å². The Bertz CT molecular complexity index is 1120. The van der Waals surface area contributed by atoms with Crippen molar-refractivity contribution in [2.45, 2.75) is 19.9 Å². The van der Waals surface area contributed by atoms with Crippen LogP contribution in [0.4, 0.5) is 5.82 Å². The molecule has 27 heavy (non-hydrogen) atoms. The number of rotatable bonds is 4. The van der Waals surface area contributed by atoms with Crippen molar-refractivity contribution < 1.29 is 0 Å². The Balaban J connectivity index is 1.76. The smallest absolute Gasteiger partial charge is 0.138 e. The molecule has 0 radical (unpaired) electrons. The minimum absolute atomic E-state index is 0.0586. The van der Waals surface area contributed by atoms with Crippen LogP contribution in [-0.4, -0.2) is 19.7 Å². The van der Waals surface area contributed by atoms with Gasteiger partial charge in [-0.05, 0) is 49.2 Å². The third-order valence-electron chi connectivity index (χ3n) is 4.55. The van der Waals surface area contributed by atoms with Crippen LogP contribution in [0.1, 0.15) is 24.4 Å². The number of aromatic nitrogens is 4. The van der Waals surface area contributed by atoms with Crippen LogP contribution in [0.3, 0.4) is 0 Å². The lowest BCUT2D eigenvalue weighted by atomic mass is 10.1. The zero-order valence-electron chi connectivity index (χ0n) is 15.4. The van der Waals surface area contributed by atoms with Crippen molar-refractivity contribution >= 4 is 28.3 Å². The number of benzene rings is 2. The van der Waals surface area contributed by atoms with E-state index < -0.39 is 0 Å². The van der Waals surface area contributed by atoms with Gasteiger partial charge < -0.3 is 5.32 Å². The average molecular weight is 378 g/mol. The maximum absolute atomic E-state index is 6.14. The summed E-state index contributed by atoms with van der Waals surface area (Å²) in [5.41, 5.74) is 4.17. The summed E-state index contributed by atoms with van der Waals surface area (Å²) in [6.07, 6.45) is 3.86. The number of anilines is 1. The predicted molar refractivity (Wildman–Crippen MR) is 110 cm³/mol. The third-order valence-corrected chi connectivity index (χ3v) is 4.78. The van der Waals surface area contributed by atoms with Crippen molar-refractivity contribution in [2.75, 3.05) is 5.32 Å². The second kappa shape index (κ2) is 7.00. The molecule has 0 amide bonds. The van der Waals surface area contributed by atoms with E-state index in [9.17, 15) is 0 Å². The summed E-state index contributed by atoms with van der Waals surface area (Å²) in [6, 6.07) is 14.1. The maximum atomic E-state index is 6.14. The first kappa shape index (κ1) is 17.5. The first-order chi connectivity index (χ1) is 13.0. The summed E-state index contributed by atoms with van der Waals surface area (Å²) in [6.45, 7) is 4.00. The molecule has 1 atom stereocenters. The molecule has 2 aromatic carbocycles. The highest BCUT2D eigenvalue weighted by Crippen LogP contribution is 2.29. The normalized spacial score (nSPS) is 12.3. The molecule has 0 bridgehead atoms. The van der Waals surface area contributed by atoms with Gasteiger partial charge in [0.2, 0.25) is 0 Å². The summed E-state index contributed by atoms with van der Waals surface area (Å²) < 4.78 is 1.80. The molecular weight excluding hydrogens is 358 g/mol. The first-order valence-corrected chi connectivity index (χ1v) is 9.17. The summed E-state index contributed by atoms with van der Waals surface area (Å²) in [4.78, 5) is 9.23. The number of halogens is 1. The predicted octanol–water partition coefficient (Wildman–Crippen LogP) is 5.17. The Kier molecular flexibility index (Phi) is 4.54. The number of hydrogen-bond acceptors (Lipinski definition) is 4. The number of hydrogen-bond donors (Lipinski definition) is 1. The van der Waals surface area contributed by atoms with Gasteiger partial charge in [0.05, 0.1) is 17.8 Å². The summed E-state index contributed by atoms with van der Waals surface area (Å²) in [5.74, 6) is 1.55. The second-order valence-electron chi connectivity index (χ2n) is 6.68. The van der Waals surface area contributed by atoms with Gasteiger partial charge in [0.15, 0.2) is 0 Å². The molecule has 0 saturated heterocycles. The second-order valence-corrected chi connectivity index (χ2v) is 7.11. The van der Waals surface area contributed by atoms with Crippen LogP contribution in [0.25, 0.3) is 22.0 Å². The fourth-order valence-electron chi connectivity index (χ4n) is 3.17. The monoisotopic (exact) mass is 377 g/mol. The van der Waals surface area contributed by atoms with Gasteiger partial charge in [0, 0.05) is 29.2 Å². The lowest BCUT2D eigenvalue weighted by Gasteiger charge is -2.17. The highest BCUT2D eigenvalue weighted by atomic mass is 35.5. The van der Waals surface area contributed by atoms with Crippen molar-refractivity contribution in [2.24, 2.45) is 7.05 Å². The highest BCUT2D eigenvalue weighted by molar-refractivity contribution is 6.30. The number of aryl methyl sites for hydroxylation is 2. The quantitative estimate of drug-likeness (QED) is 0.533. The molecule has 1 N–H and O–H groups in total. The van der Waals surface area contributed by atoms with Crippen molar-refractivity contribution in [3.05, 3.63) is 71.3 Å². The molecule has 4 rings (SSSR count). The van der Waals surface area contributed by atoms with Crippen LogP contribution in [0.15, 0.2) is 54.9 Å². The zero-order valence-corrected chi connectivity index (χ0v) is 16.2. The van der Waals surface area contributed by atoms with Gasteiger partial charge >= 0.3 is 0 Å². The van der Waals surface area contributed by atoms with Crippen LogP contribution >= 0.6 is 11.6 Å². The molecule has 5 nitrogen and oxygen atoms in total. The molecule has 2 aromatic heterocycles. The Hall–Kier alpha value is -2.92. The average Bonchev–Trinajstić information content (AvgIpc) is 3.07. The maximum Gasteiger partial charge on any atom is 0.138 e. The van der Waals surface area contributed by atoms with Crippen molar-refractivity contribution in [3.8, 4) is 11.1 Å². The van der Waals surface area contributed by atoms with E-state index in [0.717, 1.165) is 44.3 Å². The minimum Gasteiger partial charge on any atom is -0.363 e. The van der Waals surface area contributed by atoms with Crippen molar-refractivity contribution in [1.82, 2.24) is 19.7 Å². The van der Waals surface area contributed by atoms with Gasteiger partial charge in [-0.25, -0.2) is 9.97 Å². The first-order valence-electron chi connectivity index (χ1n) is 8.79. The van der Waals surface area contributed by atoms with Crippen LogP contribution in [0.2, 0.25) is 5.02 Å².